The number of hydrogen-bond donors (Lipinski definition) is 0. The summed E-state index contributed by atoms with van der Waals surface area (Å²) in [7, 11) is 0. The third-order valence-electron chi connectivity index (χ3n) is 15.2. The van der Waals surface area contributed by atoms with Gasteiger partial charge in [-0.25, -0.2) is 0 Å². The van der Waals surface area contributed by atoms with Crippen molar-refractivity contribution in [2.45, 2.75) is 6.18 Å². The number of halogens is 3. The van der Waals surface area contributed by atoms with Crippen molar-refractivity contribution in [3.05, 3.63) is 237 Å². The zero-order valence-electron chi connectivity index (χ0n) is 44.2. The summed E-state index contributed by atoms with van der Waals surface area (Å²) in [6.07, 6.45) is -5.18. The standard InChI is InChI=1S/C71H29F3N12/c72-71(73,74)70-68(85-64-13-5-46(56-9-1-40(30-75)18-52(56)36-81)24-60(64)61-25-47(6-14-65(61)85)57-10-2-41(31-76)19-53(57)37-82)28-51(50-22-44(34-79)17-45(23-50)35-80)29-69(70)86-66-15-7-48(58-11-3-42(32-77)20-54(58)38-83)26-62(66)63-27-49(8-16-67(63)86)59-12-4-43(33-78)21-55(59)39-84/h1-29H. The molecule has 0 saturated carbocycles. The number of nitriles is 10. The smallest absolute Gasteiger partial charge is 0.309 e. The fourth-order valence-electron chi connectivity index (χ4n) is 11.4. The zero-order valence-corrected chi connectivity index (χ0v) is 44.2. The van der Waals surface area contributed by atoms with Crippen LogP contribution in [0.1, 0.15) is 61.2 Å². The summed E-state index contributed by atoms with van der Waals surface area (Å²) in [4.78, 5) is 0. The van der Waals surface area contributed by atoms with Crippen LogP contribution in [-0.4, -0.2) is 9.13 Å². The van der Waals surface area contributed by atoms with E-state index >= 15 is 13.2 Å². The van der Waals surface area contributed by atoms with Gasteiger partial charge < -0.3 is 9.13 Å². The van der Waals surface area contributed by atoms with E-state index in [9.17, 15) is 52.6 Å². The van der Waals surface area contributed by atoms with E-state index < -0.39 is 11.7 Å². The van der Waals surface area contributed by atoms with Crippen molar-refractivity contribution in [2.75, 3.05) is 0 Å². The average Bonchev–Trinajstić information content (AvgIpc) is 1.57. The van der Waals surface area contributed by atoms with Gasteiger partial charge in [-0.2, -0.15) is 65.8 Å². The van der Waals surface area contributed by atoms with Crippen LogP contribution in [0.25, 0.3) is 111 Å². The summed E-state index contributed by atoms with van der Waals surface area (Å²) < 4.78 is 54.7. The Morgan fingerprint density at radius 1 is 0.256 bits per heavy atom. The van der Waals surface area contributed by atoms with Gasteiger partial charge in [-0.1, -0.05) is 48.5 Å². The van der Waals surface area contributed by atoms with E-state index in [1.165, 1.54) is 63.7 Å². The maximum atomic E-state index is 17.3. The Balaban J connectivity index is 1.23. The molecule has 0 aliphatic carbocycles. The monoisotopic (exact) mass is 1110 g/mol. The van der Waals surface area contributed by atoms with Gasteiger partial charge in [0, 0.05) is 21.5 Å². The molecule has 12 rings (SSSR count). The van der Waals surface area contributed by atoms with Crippen LogP contribution in [0.2, 0.25) is 0 Å². The number of benzene rings is 10. The number of rotatable bonds is 7. The highest BCUT2D eigenvalue weighted by Crippen LogP contribution is 2.48. The molecule has 15 heteroatoms. The lowest BCUT2D eigenvalue weighted by atomic mass is 9.95. The van der Waals surface area contributed by atoms with E-state index in [0.717, 1.165) is 0 Å². The minimum absolute atomic E-state index is 0.0639. The molecule has 0 spiro atoms. The summed E-state index contributed by atoms with van der Waals surface area (Å²) in [5, 5.41) is 102. The molecular weight excluding hydrogens is 1080 g/mol. The lowest BCUT2D eigenvalue weighted by molar-refractivity contribution is -0.137. The van der Waals surface area contributed by atoms with Crippen molar-refractivity contribution in [3.63, 3.8) is 0 Å². The minimum Gasteiger partial charge on any atom is -0.309 e. The van der Waals surface area contributed by atoms with Crippen molar-refractivity contribution in [1.29, 1.82) is 52.6 Å². The SMILES string of the molecule is N#Cc1cc(C#N)cc(-c2cc(-n3c4ccc(-c5ccc(C#N)cc5C#N)cc4c4cc(-c5ccc(C#N)cc5C#N)ccc43)c(C(F)(F)F)c(-n3c4ccc(-c5ccc(C#N)cc5C#N)cc4c4cc(-c5ccc(C#N)cc5C#N)ccc43)c2)c1. The van der Waals surface area contributed by atoms with Crippen molar-refractivity contribution < 1.29 is 13.2 Å². The first-order valence-corrected chi connectivity index (χ1v) is 25.9. The van der Waals surface area contributed by atoms with Crippen LogP contribution in [0.4, 0.5) is 13.2 Å². The molecule has 10 aromatic carbocycles. The highest BCUT2D eigenvalue weighted by atomic mass is 19.4. The van der Waals surface area contributed by atoms with Crippen LogP contribution in [0.3, 0.4) is 0 Å². The molecule has 0 atom stereocenters. The lowest BCUT2D eigenvalue weighted by Crippen LogP contribution is -2.16. The van der Waals surface area contributed by atoms with E-state index in [4.69, 9.17) is 0 Å². The molecule has 2 aromatic heterocycles. The molecule has 0 aliphatic heterocycles. The number of hydrogen-bond acceptors (Lipinski definition) is 10. The molecule has 0 bridgehead atoms. The quantitative estimate of drug-likeness (QED) is 0.146. The first-order chi connectivity index (χ1) is 41.8. The number of fused-ring (bicyclic) bond motifs is 6. The molecule has 0 saturated heterocycles. The fourth-order valence-corrected chi connectivity index (χ4v) is 11.4. The van der Waals surface area contributed by atoms with E-state index in [2.05, 4.69) is 36.4 Å². The third kappa shape index (κ3) is 8.82. The van der Waals surface area contributed by atoms with Crippen LogP contribution in [0.15, 0.2) is 176 Å². The molecule has 12 nitrogen and oxygen atoms in total. The first-order valence-electron chi connectivity index (χ1n) is 25.9. The second-order valence-corrected chi connectivity index (χ2v) is 19.9. The van der Waals surface area contributed by atoms with Gasteiger partial charge in [0.05, 0.1) is 150 Å². The molecule has 0 amide bonds. The maximum absolute atomic E-state index is 17.3. The Bertz CT molecular complexity index is 4900. The number of alkyl halides is 3. The normalized spacial score (nSPS) is 10.8. The summed E-state index contributed by atoms with van der Waals surface area (Å²) in [6.45, 7) is 0. The largest absolute Gasteiger partial charge is 0.420 e. The summed E-state index contributed by atoms with van der Waals surface area (Å²) in [6, 6.07) is 66.8. The van der Waals surface area contributed by atoms with Gasteiger partial charge in [-0.3, -0.25) is 0 Å². The third-order valence-corrected chi connectivity index (χ3v) is 15.2. The van der Waals surface area contributed by atoms with Crippen LogP contribution in [0, 0.1) is 113 Å². The predicted octanol–water partition coefficient (Wildman–Crippen LogP) is 16.0. The van der Waals surface area contributed by atoms with Gasteiger partial charge in [0.25, 0.3) is 0 Å². The minimum atomic E-state index is -5.18. The molecule has 0 radical (unpaired) electrons. The van der Waals surface area contributed by atoms with Crippen molar-refractivity contribution in [2.24, 2.45) is 0 Å². The van der Waals surface area contributed by atoms with Crippen LogP contribution < -0.4 is 0 Å². The predicted molar refractivity (Wildman–Crippen MR) is 314 cm³/mol. The topological polar surface area (TPSA) is 248 Å². The zero-order chi connectivity index (χ0) is 60.1. The molecule has 0 fully saturated rings. The second kappa shape index (κ2) is 20.9. The first kappa shape index (κ1) is 53.1. The molecule has 394 valence electrons. The summed E-state index contributed by atoms with van der Waals surface area (Å²) >= 11 is 0. The van der Waals surface area contributed by atoms with Gasteiger partial charge >= 0.3 is 6.18 Å². The van der Waals surface area contributed by atoms with Crippen molar-refractivity contribution in [1.82, 2.24) is 9.13 Å². The van der Waals surface area contributed by atoms with Gasteiger partial charge in [0.2, 0.25) is 0 Å². The Hall–Kier alpha value is -13.5. The Morgan fingerprint density at radius 3 is 0.767 bits per heavy atom. The number of aromatic nitrogens is 2. The van der Waals surface area contributed by atoms with Crippen LogP contribution >= 0.6 is 0 Å². The Labute approximate surface area is 487 Å². The highest BCUT2D eigenvalue weighted by Gasteiger charge is 2.40. The Kier molecular flexibility index (Phi) is 12.9. The summed E-state index contributed by atoms with van der Waals surface area (Å²) in [5.41, 5.74) is 5.15. The van der Waals surface area contributed by atoms with Gasteiger partial charge in [0.15, 0.2) is 0 Å². The molecule has 2 heterocycles. The van der Waals surface area contributed by atoms with Crippen LogP contribution in [-0.2, 0) is 6.18 Å². The van der Waals surface area contributed by atoms with E-state index in [1.807, 2.05) is 24.3 Å². The van der Waals surface area contributed by atoms with E-state index in [-0.39, 0.29) is 100 Å². The van der Waals surface area contributed by atoms with Crippen molar-refractivity contribution in [3.8, 4) is 128 Å². The highest BCUT2D eigenvalue weighted by molar-refractivity contribution is 6.14. The van der Waals surface area contributed by atoms with Gasteiger partial charge in [0.1, 0.15) is 5.56 Å². The fraction of sp³-hybridized carbons (Fsp3) is 0.0141. The van der Waals surface area contributed by atoms with Crippen LogP contribution in [0.5, 0.6) is 0 Å². The molecule has 12 aromatic rings. The molecule has 0 N–H and O–H groups in total. The Morgan fingerprint density at radius 2 is 0.523 bits per heavy atom. The molecular formula is C71H29F3N12. The maximum Gasteiger partial charge on any atom is 0.420 e. The molecule has 0 aliphatic rings. The molecule has 0 unspecified atom stereocenters. The van der Waals surface area contributed by atoms with Gasteiger partial charge in [-0.05, 0) is 183 Å². The van der Waals surface area contributed by atoms with E-state index in [0.29, 0.717) is 66.1 Å². The molecule has 86 heavy (non-hydrogen) atoms. The number of nitrogens with zero attached hydrogens (tertiary/aromatic N) is 12. The average molecular weight is 1110 g/mol. The lowest BCUT2D eigenvalue weighted by Gasteiger charge is -2.23. The van der Waals surface area contributed by atoms with Crippen molar-refractivity contribution >= 4 is 43.6 Å². The van der Waals surface area contributed by atoms with Gasteiger partial charge in [-0.15, -0.1) is 0 Å². The van der Waals surface area contributed by atoms with E-state index in [1.54, 1.807) is 121 Å². The summed E-state index contributed by atoms with van der Waals surface area (Å²) in [5.74, 6) is 0. The second-order valence-electron chi connectivity index (χ2n) is 19.9.